The summed E-state index contributed by atoms with van der Waals surface area (Å²) in [6.45, 7) is 2.38. The van der Waals surface area contributed by atoms with Gasteiger partial charge in [0.05, 0.1) is 18.7 Å². The minimum Gasteiger partial charge on any atom is -0.353 e. The zero-order valence-corrected chi connectivity index (χ0v) is 18.2. The third-order valence-corrected chi connectivity index (χ3v) is 5.41. The lowest BCUT2D eigenvalue weighted by Crippen LogP contribution is -2.44. The van der Waals surface area contributed by atoms with E-state index in [0.29, 0.717) is 31.3 Å². The molecule has 1 atom stereocenters. The molecule has 2 aromatic rings. The van der Waals surface area contributed by atoms with Crippen LogP contribution < -0.4 is 16.0 Å². The van der Waals surface area contributed by atoms with Gasteiger partial charge in [0.1, 0.15) is 5.82 Å². The normalized spacial score (nSPS) is 16.1. The van der Waals surface area contributed by atoms with Crippen molar-refractivity contribution in [3.05, 3.63) is 65.0 Å². The lowest BCUT2D eigenvalue weighted by Gasteiger charge is -2.26. The summed E-state index contributed by atoms with van der Waals surface area (Å²) in [6, 6.07) is 9.33. The number of likely N-dealkylation sites (tertiary alicyclic amines) is 1. The van der Waals surface area contributed by atoms with Crippen molar-refractivity contribution in [2.24, 2.45) is 5.73 Å². The molecular weight excluding hydrogens is 440 g/mol. The number of halogens is 4. The molecule has 3 N–H and O–H groups in total. The molecule has 0 spiro atoms. The molecule has 0 saturated carbocycles. The fourth-order valence-corrected chi connectivity index (χ4v) is 3.62. The van der Waals surface area contributed by atoms with Gasteiger partial charge in [-0.25, -0.2) is 4.39 Å². The molecule has 33 heavy (non-hydrogen) atoms. The Hall–Kier alpha value is -3.14. The lowest BCUT2D eigenvalue weighted by atomic mass is 10.1. The standard InChI is InChI=1S/C23H26F4N4O2/c1-15-2-4-20(5-3-15)31(14-22(33)30-7-6-19(28)12-30)13-21(32)29-11-16-8-17(23(25,26)27)10-18(24)9-16/h2-5,8-10,19H,6-7,11-14,28H2,1H3,(H,29,32). The first-order valence-electron chi connectivity index (χ1n) is 10.5. The first-order valence-corrected chi connectivity index (χ1v) is 10.5. The Morgan fingerprint density at radius 1 is 1.15 bits per heavy atom. The Labute approximate surface area is 189 Å². The molecule has 0 radical (unpaired) electrons. The maximum Gasteiger partial charge on any atom is 0.416 e. The van der Waals surface area contributed by atoms with Gasteiger partial charge in [-0.3, -0.25) is 9.59 Å². The van der Waals surface area contributed by atoms with Crippen LogP contribution >= 0.6 is 0 Å². The number of nitrogens with two attached hydrogens (primary N) is 1. The number of carbonyl (C=O) groups excluding carboxylic acids is 2. The third kappa shape index (κ3) is 6.92. The van der Waals surface area contributed by atoms with Gasteiger partial charge in [-0.2, -0.15) is 13.2 Å². The number of amides is 2. The average Bonchev–Trinajstić information content (AvgIpc) is 3.18. The van der Waals surface area contributed by atoms with Gasteiger partial charge in [-0.05, 0) is 49.2 Å². The zero-order chi connectivity index (χ0) is 24.2. The number of benzene rings is 2. The number of rotatable bonds is 7. The molecule has 0 aliphatic carbocycles. The Morgan fingerprint density at radius 3 is 2.45 bits per heavy atom. The summed E-state index contributed by atoms with van der Waals surface area (Å²) in [7, 11) is 0. The Kier molecular flexibility index (Phi) is 7.57. The molecule has 1 heterocycles. The second-order valence-electron chi connectivity index (χ2n) is 8.20. The van der Waals surface area contributed by atoms with E-state index in [9.17, 15) is 27.2 Å². The topological polar surface area (TPSA) is 78.7 Å². The average molecular weight is 466 g/mol. The summed E-state index contributed by atoms with van der Waals surface area (Å²) in [6.07, 6.45) is -3.98. The van der Waals surface area contributed by atoms with Crippen molar-refractivity contribution in [1.29, 1.82) is 0 Å². The van der Waals surface area contributed by atoms with Crippen LogP contribution in [0.5, 0.6) is 0 Å². The first kappa shape index (κ1) is 24.5. The van der Waals surface area contributed by atoms with Crippen LogP contribution in [-0.4, -0.2) is 48.9 Å². The van der Waals surface area contributed by atoms with Crippen LogP contribution in [0.25, 0.3) is 0 Å². The van der Waals surface area contributed by atoms with Crippen LogP contribution in [0, 0.1) is 12.7 Å². The van der Waals surface area contributed by atoms with E-state index in [1.165, 1.54) is 0 Å². The minimum absolute atomic E-state index is 0.0142. The Morgan fingerprint density at radius 2 is 1.85 bits per heavy atom. The van der Waals surface area contributed by atoms with Crippen LogP contribution in [0.2, 0.25) is 0 Å². The molecule has 6 nitrogen and oxygen atoms in total. The van der Waals surface area contributed by atoms with Crippen LogP contribution in [0.3, 0.4) is 0 Å². The van der Waals surface area contributed by atoms with Crippen LogP contribution in [0.15, 0.2) is 42.5 Å². The van der Waals surface area contributed by atoms with Crippen LogP contribution in [0.4, 0.5) is 23.2 Å². The summed E-state index contributed by atoms with van der Waals surface area (Å²) in [4.78, 5) is 28.5. The minimum atomic E-state index is -4.69. The van der Waals surface area contributed by atoms with Gasteiger partial charge < -0.3 is 20.9 Å². The molecule has 1 aliphatic heterocycles. The number of nitrogens with zero attached hydrogens (tertiary/aromatic N) is 2. The fraction of sp³-hybridized carbons (Fsp3) is 0.391. The van der Waals surface area contributed by atoms with Gasteiger partial charge in [0.15, 0.2) is 0 Å². The number of carbonyl (C=O) groups is 2. The number of alkyl halides is 3. The summed E-state index contributed by atoms with van der Waals surface area (Å²) in [5.41, 5.74) is 6.40. The Balaban J connectivity index is 1.68. The highest BCUT2D eigenvalue weighted by atomic mass is 19.4. The van der Waals surface area contributed by atoms with Gasteiger partial charge in [0.25, 0.3) is 0 Å². The second-order valence-corrected chi connectivity index (χ2v) is 8.20. The molecule has 2 amide bonds. The van der Waals surface area contributed by atoms with E-state index in [1.54, 1.807) is 21.9 Å². The van der Waals surface area contributed by atoms with E-state index < -0.39 is 23.5 Å². The first-order chi connectivity index (χ1) is 15.5. The monoisotopic (exact) mass is 466 g/mol. The highest BCUT2D eigenvalue weighted by Gasteiger charge is 2.31. The van der Waals surface area contributed by atoms with Crippen molar-refractivity contribution in [2.45, 2.75) is 32.1 Å². The summed E-state index contributed by atoms with van der Waals surface area (Å²) >= 11 is 0. The maximum absolute atomic E-state index is 13.6. The molecule has 178 valence electrons. The van der Waals surface area contributed by atoms with Crippen LogP contribution in [-0.2, 0) is 22.3 Å². The predicted molar refractivity (Wildman–Crippen MR) is 116 cm³/mol. The molecule has 10 heteroatoms. The largest absolute Gasteiger partial charge is 0.416 e. The molecule has 2 aromatic carbocycles. The molecular formula is C23H26F4N4O2. The van der Waals surface area contributed by atoms with E-state index in [4.69, 9.17) is 5.73 Å². The predicted octanol–water partition coefficient (Wildman–Crippen LogP) is 2.84. The summed E-state index contributed by atoms with van der Waals surface area (Å²) in [5, 5.41) is 2.51. The molecule has 1 saturated heterocycles. The molecule has 1 unspecified atom stereocenters. The summed E-state index contributed by atoms with van der Waals surface area (Å²) < 4.78 is 52.3. The molecule has 1 aliphatic rings. The third-order valence-electron chi connectivity index (χ3n) is 5.41. The van der Waals surface area contributed by atoms with Crippen molar-refractivity contribution in [3.63, 3.8) is 0 Å². The van der Waals surface area contributed by atoms with Gasteiger partial charge >= 0.3 is 6.18 Å². The number of anilines is 1. The molecule has 3 rings (SSSR count). The van der Waals surface area contributed by atoms with Crippen LogP contribution in [0.1, 0.15) is 23.1 Å². The van der Waals surface area contributed by atoms with Gasteiger partial charge in [0.2, 0.25) is 11.8 Å². The van der Waals surface area contributed by atoms with E-state index in [1.807, 2.05) is 19.1 Å². The Bertz CT molecular complexity index is 995. The van der Waals surface area contributed by atoms with Crippen molar-refractivity contribution < 1.29 is 27.2 Å². The van der Waals surface area contributed by atoms with Gasteiger partial charge in [-0.15, -0.1) is 0 Å². The van der Waals surface area contributed by atoms with Crippen molar-refractivity contribution in [3.8, 4) is 0 Å². The highest BCUT2D eigenvalue weighted by Crippen LogP contribution is 2.30. The highest BCUT2D eigenvalue weighted by molar-refractivity contribution is 5.86. The van der Waals surface area contributed by atoms with Crippen molar-refractivity contribution >= 4 is 17.5 Å². The number of aryl methyl sites for hydroxylation is 1. The van der Waals surface area contributed by atoms with E-state index in [2.05, 4.69) is 5.32 Å². The van der Waals surface area contributed by atoms with Gasteiger partial charge in [-0.1, -0.05) is 17.7 Å². The number of hydrogen-bond acceptors (Lipinski definition) is 4. The summed E-state index contributed by atoms with van der Waals surface area (Å²) in [5.74, 6) is -1.72. The maximum atomic E-state index is 13.6. The molecule has 0 bridgehead atoms. The van der Waals surface area contributed by atoms with E-state index in [0.717, 1.165) is 17.7 Å². The number of hydrogen-bond donors (Lipinski definition) is 2. The molecule has 1 fully saturated rings. The van der Waals surface area contributed by atoms with E-state index >= 15 is 0 Å². The SMILES string of the molecule is Cc1ccc(N(CC(=O)NCc2cc(F)cc(C(F)(F)F)c2)CC(=O)N2CCC(N)C2)cc1. The quantitative estimate of drug-likeness (QED) is 0.616. The smallest absolute Gasteiger partial charge is 0.353 e. The zero-order valence-electron chi connectivity index (χ0n) is 18.2. The second kappa shape index (κ2) is 10.2. The van der Waals surface area contributed by atoms with E-state index in [-0.39, 0.29) is 37.1 Å². The van der Waals surface area contributed by atoms with Gasteiger partial charge in [0, 0.05) is 31.4 Å². The lowest BCUT2D eigenvalue weighted by molar-refractivity contribution is -0.137. The van der Waals surface area contributed by atoms with Crippen molar-refractivity contribution in [2.75, 3.05) is 31.1 Å². The molecule has 0 aromatic heterocycles. The number of nitrogens with one attached hydrogen (secondary N) is 1. The van der Waals surface area contributed by atoms with Crippen molar-refractivity contribution in [1.82, 2.24) is 10.2 Å². The fourth-order valence-electron chi connectivity index (χ4n) is 3.62.